The summed E-state index contributed by atoms with van der Waals surface area (Å²) in [6.07, 6.45) is 5.28. The molecule has 0 bridgehead atoms. The second-order valence-electron chi connectivity index (χ2n) is 9.39. The molecule has 3 aliphatic rings. The molecule has 4 heteroatoms. The average molecular weight is 373 g/mol. The van der Waals surface area contributed by atoms with Gasteiger partial charge in [0.2, 0.25) is 0 Å². The molecule has 0 amide bonds. The van der Waals surface area contributed by atoms with E-state index in [9.17, 15) is 0 Å². The highest BCUT2D eigenvalue weighted by Crippen LogP contribution is 2.47. The third-order valence-electron chi connectivity index (χ3n) is 6.33. The molecule has 3 fully saturated rings. The van der Waals surface area contributed by atoms with E-state index in [1.165, 1.54) is 37.8 Å². The van der Waals surface area contributed by atoms with Crippen LogP contribution in [0.4, 0.5) is 0 Å². The van der Waals surface area contributed by atoms with Gasteiger partial charge in [-0.05, 0) is 82.2 Å². The van der Waals surface area contributed by atoms with E-state index in [0.717, 1.165) is 51.1 Å². The van der Waals surface area contributed by atoms with Crippen LogP contribution in [0.3, 0.4) is 0 Å². The topological polar surface area (TPSA) is 24.9 Å². The molecule has 27 heavy (non-hydrogen) atoms. The minimum Gasteiger partial charge on any atom is -0.492 e. The van der Waals surface area contributed by atoms with Crippen molar-refractivity contribution < 1.29 is 9.47 Å². The average Bonchev–Trinajstić information content (AvgIpc) is 3.37. The lowest BCUT2D eigenvalue weighted by molar-refractivity contribution is 0.0322. The first-order valence-corrected chi connectivity index (χ1v) is 10.9. The van der Waals surface area contributed by atoms with E-state index < -0.39 is 0 Å². The minimum absolute atomic E-state index is 0.217. The first-order chi connectivity index (χ1) is 13.0. The molecule has 0 N–H and O–H groups in total. The van der Waals surface area contributed by atoms with E-state index in [1.54, 1.807) is 5.56 Å². The van der Waals surface area contributed by atoms with Crippen LogP contribution >= 0.6 is 0 Å². The molecule has 1 atom stereocenters. The maximum atomic E-state index is 6.18. The Morgan fingerprint density at radius 1 is 1.04 bits per heavy atom. The Kier molecular flexibility index (Phi) is 5.77. The molecule has 2 heterocycles. The highest BCUT2D eigenvalue weighted by atomic mass is 16.5. The van der Waals surface area contributed by atoms with Crippen LogP contribution in [-0.4, -0.2) is 61.3 Å². The molecule has 2 saturated heterocycles. The molecule has 0 aromatic heterocycles. The van der Waals surface area contributed by atoms with Gasteiger partial charge in [0.1, 0.15) is 12.4 Å². The number of benzene rings is 1. The quantitative estimate of drug-likeness (QED) is 0.747. The van der Waals surface area contributed by atoms with Gasteiger partial charge in [-0.1, -0.05) is 6.07 Å². The maximum Gasteiger partial charge on any atom is 0.119 e. The molecular formula is C23H36N2O2. The predicted octanol–water partition coefficient (Wildman–Crippen LogP) is 4.21. The van der Waals surface area contributed by atoms with Crippen molar-refractivity contribution in [1.82, 2.24) is 9.80 Å². The van der Waals surface area contributed by atoms with Crippen molar-refractivity contribution in [1.29, 1.82) is 0 Å². The largest absolute Gasteiger partial charge is 0.492 e. The summed E-state index contributed by atoms with van der Waals surface area (Å²) in [6, 6.07) is 7.47. The van der Waals surface area contributed by atoms with Crippen molar-refractivity contribution >= 4 is 0 Å². The van der Waals surface area contributed by atoms with Crippen LogP contribution in [0, 0.1) is 0 Å². The Balaban J connectivity index is 1.47. The summed E-state index contributed by atoms with van der Waals surface area (Å²) in [4.78, 5) is 5.13. The van der Waals surface area contributed by atoms with Crippen LogP contribution in [-0.2, 0) is 4.74 Å². The van der Waals surface area contributed by atoms with Crippen molar-refractivity contribution in [3.63, 3.8) is 0 Å². The molecule has 1 saturated carbocycles. The van der Waals surface area contributed by atoms with Gasteiger partial charge >= 0.3 is 0 Å². The number of nitrogens with zero attached hydrogens (tertiary/aromatic N) is 2. The SMILES string of the molecule is CC(C)(C)N1CCCC1c1cc(OCCN2CCOCC2)ccc1C1CC1. The van der Waals surface area contributed by atoms with Crippen LogP contribution < -0.4 is 4.74 Å². The molecule has 4 rings (SSSR count). The van der Waals surface area contributed by atoms with Crippen LogP contribution in [0.5, 0.6) is 5.75 Å². The molecule has 0 spiro atoms. The molecule has 1 aromatic carbocycles. The van der Waals surface area contributed by atoms with Gasteiger partial charge in [0, 0.05) is 31.2 Å². The summed E-state index contributed by atoms with van der Waals surface area (Å²) < 4.78 is 11.6. The number of hydrogen-bond donors (Lipinski definition) is 0. The molecular weight excluding hydrogens is 336 g/mol. The van der Waals surface area contributed by atoms with Crippen molar-refractivity contribution in [3.8, 4) is 5.75 Å². The lowest BCUT2D eigenvalue weighted by Crippen LogP contribution is -2.40. The van der Waals surface area contributed by atoms with Gasteiger partial charge in [-0.25, -0.2) is 0 Å². The van der Waals surface area contributed by atoms with Gasteiger partial charge in [0.05, 0.1) is 13.2 Å². The molecule has 150 valence electrons. The first kappa shape index (κ1) is 19.2. The standard InChI is InChI=1S/C23H36N2O2/c1-23(2,3)25-10-4-5-22(25)21-17-19(8-9-20(21)18-6-7-18)27-16-13-24-11-14-26-15-12-24/h8-9,17-18,22H,4-7,10-16H2,1-3H3. The lowest BCUT2D eigenvalue weighted by atomic mass is 9.93. The third-order valence-corrected chi connectivity index (χ3v) is 6.33. The summed E-state index contributed by atoms with van der Waals surface area (Å²) in [7, 11) is 0. The number of morpholine rings is 1. The van der Waals surface area contributed by atoms with Gasteiger partial charge < -0.3 is 9.47 Å². The van der Waals surface area contributed by atoms with Crippen LogP contribution in [0.15, 0.2) is 18.2 Å². The highest BCUT2D eigenvalue weighted by molar-refractivity contribution is 5.42. The second-order valence-corrected chi connectivity index (χ2v) is 9.39. The maximum absolute atomic E-state index is 6.18. The van der Waals surface area contributed by atoms with Gasteiger partial charge in [-0.2, -0.15) is 0 Å². The van der Waals surface area contributed by atoms with E-state index in [2.05, 4.69) is 48.8 Å². The van der Waals surface area contributed by atoms with Crippen LogP contribution in [0.2, 0.25) is 0 Å². The number of rotatable bonds is 6. The van der Waals surface area contributed by atoms with Gasteiger partial charge in [-0.15, -0.1) is 0 Å². The Morgan fingerprint density at radius 3 is 2.52 bits per heavy atom. The van der Waals surface area contributed by atoms with Crippen molar-refractivity contribution in [3.05, 3.63) is 29.3 Å². The van der Waals surface area contributed by atoms with E-state index in [-0.39, 0.29) is 5.54 Å². The fourth-order valence-electron chi connectivity index (χ4n) is 4.71. The van der Waals surface area contributed by atoms with E-state index >= 15 is 0 Å². The third kappa shape index (κ3) is 4.67. The summed E-state index contributed by atoms with van der Waals surface area (Å²) in [6.45, 7) is 13.8. The molecule has 0 radical (unpaired) electrons. The van der Waals surface area contributed by atoms with Crippen molar-refractivity contribution in [2.45, 2.75) is 64.0 Å². The molecule has 1 aromatic rings. The smallest absolute Gasteiger partial charge is 0.119 e. The van der Waals surface area contributed by atoms with E-state index in [1.807, 2.05) is 0 Å². The number of ether oxygens (including phenoxy) is 2. The van der Waals surface area contributed by atoms with Crippen LogP contribution in [0.25, 0.3) is 0 Å². The first-order valence-electron chi connectivity index (χ1n) is 10.9. The summed E-state index contributed by atoms with van der Waals surface area (Å²) >= 11 is 0. The monoisotopic (exact) mass is 372 g/mol. The fourth-order valence-corrected chi connectivity index (χ4v) is 4.71. The summed E-state index contributed by atoms with van der Waals surface area (Å²) in [5.41, 5.74) is 3.33. The minimum atomic E-state index is 0.217. The Morgan fingerprint density at radius 2 is 1.81 bits per heavy atom. The second kappa shape index (κ2) is 8.10. The zero-order valence-electron chi connectivity index (χ0n) is 17.4. The number of likely N-dealkylation sites (tertiary alicyclic amines) is 1. The van der Waals surface area contributed by atoms with Crippen LogP contribution in [0.1, 0.15) is 69.5 Å². The van der Waals surface area contributed by atoms with Gasteiger partial charge in [0.25, 0.3) is 0 Å². The summed E-state index contributed by atoms with van der Waals surface area (Å²) in [5.74, 6) is 1.83. The fraction of sp³-hybridized carbons (Fsp3) is 0.739. The van der Waals surface area contributed by atoms with Gasteiger partial charge in [-0.3, -0.25) is 9.80 Å². The molecule has 1 unspecified atom stereocenters. The zero-order chi connectivity index (χ0) is 18.9. The number of hydrogen-bond acceptors (Lipinski definition) is 4. The Hall–Kier alpha value is -1.10. The molecule has 1 aliphatic carbocycles. The lowest BCUT2D eigenvalue weighted by Gasteiger charge is -2.38. The Labute approximate surface area is 164 Å². The highest BCUT2D eigenvalue weighted by Gasteiger charge is 2.37. The van der Waals surface area contributed by atoms with E-state index in [0.29, 0.717) is 6.04 Å². The van der Waals surface area contributed by atoms with Crippen molar-refractivity contribution in [2.75, 3.05) is 46.0 Å². The van der Waals surface area contributed by atoms with E-state index in [4.69, 9.17) is 9.47 Å². The molecule has 2 aliphatic heterocycles. The molecule has 4 nitrogen and oxygen atoms in total. The Bertz CT molecular complexity index is 630. The normalized spacial score (nSPS) is 25.1. The summed E-state index contributed by atoms with van der Waals surface area (Å²) in [5, 5.41) is 0. The predicted molar refractivity (Wildman–Crippen MR) is 110 cm³/mol. The zero-order valence-corrected chi connectivity index (χ0v) is 17.4. The van der Waals surface area contributed by atoms with Gasteiger partial charge in [0.15, 0.2) is 0 Å². The van der Waals surface area contributed by atoms with Crippen molar-refractivity contribution in [2.24, 2.45) is 0 Å².